The van der Waals surface area contributed by atoms with E-state index in [0.717, 1.165) is 10.6 Å². The Hall–Kier alpha value is -2.41. The van der Waals surface area contributed by atoms with Crippen LogP contribution in [0, 0.1) is 6.92 Å². The van der Waals surface area contributed by atoms with E-state index in [4.69, 9.17) is 4.74 Å². The van der Waals surface area contributed by atoms with Crippen molar-refractivity contribution in [2.75, 3.05) is 0 Å². The number of aromatic nitrogens is 1. The molecule has 0 bridgehead atoms. The summed E-state index contributed by atoms with van der Waals surface area (Å²) in [5.41, 5.74) is 1.47. The molecule has 0 saturated carbocycles. The first-order chi connectivity index (χ1) is 10.5. The fourth-order valence-electron chi connectivity index (χ4n) is 1.82. The lowest BCUT2D eigenvalue weighted by Gasteiger charge is -2.13. The van der Waals surface area contributed by atoms with E-state index in [-0.39, 0.29) is 13.0 Å². The Bertz CT molecular complexity index is 642. The van der Waals surface area contributed by atoms with Crippen LogP contribution in [0.3, 0.4) is 0 Å². The molecule has 116 valence electrons. The molecule has 0 aliphatic heterocycles. The number of alkyl carbamates (subject to hydrolysis) is 1. The molecule has 0 aliphatic carbocycles. The highest BCUT2D eigenvalue weighted by Gasteiger charge is 2.22. The highest BCUT2D eigenvalue weighted by molar-refractivity contribution is 7.09. The normalized spacial score (nSPS) is 11.7. The van der Waals surface area contributed by atoms with Gasteiger partial charge in [0.05, 0.1) is 10.7 Å². The molecule has 0 spiro atoms. The molecular formula is C15H16N2O4S. The molecule has 1 aromatic carbocycles. The van der Waals surface area contributed by atoms with Crippen LogP contribution in [0.2, 0.25) is 0 Å². The topological polar surface area (TPSA) is 88.5 Å². The van der Waals surface area contributed by atoms with Gasteiger partial charge in [0.1, 0.15) is 12.6 Å². The van der Waals surface area contributed by atoms with Gasteiger partial charge in [-0.25, -0.2) is 14.6 Å². The van der Waals surface area contributed by atoms with Crippen molar-refractivity contribution in [3.8, 4) is 0 Å². The van der Waals surface area contributed by atoms with Crippen molar-refractivity contribution in [1.29, 1.82) is 0 Å². The summed E-state index contributed by atoms with van der Waals surface area (Å²) < 4.78 is 5.02. The molecule has 22 heavy (non-hydrogen) atoms. The predicted octanol–water partition coefficient (Wildman–Crippen LogP) is 2.37. The van der Waals surface area contributed by atoms with Crippen LogP contribution in [-0.4, -0.2) is 28.2 Å². The number of nitrogens with zero attached hydrogens (tertiary/aromatic N) is 1. The zero-order valence-electron chi connectivity index (χ0n) is 12.0. The summed E-state index contributed by atoms with van der Waals surface area (Å²) >= 11 is 1.44. The van der Waals surface area contributed by atoms with Gasteiger partial charge in [-0.3, -0.25) is 0 Å². The van der Waals surface area contributed by atoms with Crippen molar-refractivity contribution in [2.45, 2.75) is 26.0 Å². The third kappa shape index (κ3) is 4.85. The minimum absolute atomic E-state index is 0.0921. The molecule has 6 nitrogen and oxygen atoms in total. The maximum absolute atomic E-state index is 11.7. The number of ether oxygens (including phenoxy) is 1. The lowest BCUT2D eigenvalue weighted by atomic mass is 10.2. The fourth-order valence-corrected chi connectivity index (χ4v) is 2.44. The average molecular weight is 320 g/mol. The van der Waals surface area contributed by atoms with E-state index in [9.17, 15) is 14.7 Å². The van der Waals surface area contributed by atoms with E-state index >= 15 is 0 Å². The smallest absolute Gasteiger partial charge is 0.408 e. The molecule has 1 atom stereocenters. The number of thiazole rings is 1. The third-order valence-corrected chi connectivity index (χ3v) is 3.71. The van der Waals surface area contributed by atoms with Gasteiger partial charge in [0.2, 0.25) is 0 Å². The molecule has 2 rings (SSSR count). The highest BCUT2D eigenvalue weighted by atomic mass is 32.1. The van der Waals surface area contributed by atoms with Gasteiger partial charge < -0.3 is 15.2 Å². The zero-order chi connectivity index (χ0) is 15.9. The maximum Gasteiger partial charge on any atom is 0.408 e. The Kier molecular flexibility index (Phi) is 5.48. The lowest BCUT2D eigenvalue weighted by Crippen LogP contribution is -2.42. The minimum atomic E-state index is -1.12. The van der Waals surface area contributed by atoms with E-state index in [2.05, 4.69) is 10.3 Å². The first kappa shape index (κ1) is 16.0. The molecule has 0 fully saturated rings. The van der Waals surface area contributed by atoms with Crippen LogP contribution in [-0.2, 0) is 22.6 Å². The van der Waals surface area contributed by atoms with Crippen molar-refractivity contribution < 1.29 is 19.4 Å². The molecule has 1 unspecified atom stereocenters. The maximum atomic E-state index is 11.7. The Balaban J connectivity index is 1.87. The number of carboxylic acids is 1. The van der Waals surface area contributed by atoms with Gasteiger partial charge in [0.25, 0.3) is 0 Å². The summed E-state index contributed by atoms with van der Waals surface area (Å²) in [5, 5.41) is 14.2. The second-order valence-corrected chi connectivity index (χ2v) is 5.72. The number of benzene rings is 1. The van der Waals surface area contributed by atoms with Gasteiger partial charge in [0, 0.05) is 11.8 Å². The van der Waals surface area contributed by atoms with Gasteiger partial charge in [-0.05, 0) is 12.5 Å². The summed E-state index contributed by atoms with van der Waals surface area (Å²) in [6.07, 6.45) is -0.636. The van der Waals surface area contributed by atoms with Crippen LogP contribution in [0.5, 0.6) is 0 Å². The van der Waals surface area contributed by atoms with Gasteiger partial charge in [-0.15, -0.1) is 11.3 Å². The number of carbonyl (C=O) groups excluding carboxylic acids is 1. The van der Waals surface area contributed by atoms with Crippen molar-refractivity contribution in [3.63, 3.8) is 0 Å². The predicted molar refractivity (Wildman–Crippen MR) is 81.7 cm³/mol. The van der Waals surface area contributed by atoms with E-state index in [0.29, 0.717) is 5.69 Å². The number of aliphatic carboxylic acids is 1. The number of carboxylic acid groups (broad SMARTS) is 1. The van der Waals surface area contributed by atoms with Crippen molar-refractivity contribution in [1.82, 2.24) is 10.3 Å². The molecule has 1 heterocycles. The SMILES string of the molecule is Cc1nc(CC(NC(=O)OCc2ccccc2)C(=O)O)cs1. The summed E-state index contributed by atoms with van der Waals surface area (Å²) in [5.74, 6) is -1.12. The van der Waals surface area contributed by atoms with E-state index in [1.165, 1.54) is 11.3 Å². The number of hydrogen-bond donors (Lipinski definition) is 2. The van der Waals surface area contributed by atoms with Crippen LogP contribution in [0.1, 0.15) is 16.3 Å². The van der Waals surface area contributed by atoms with E-state index in [1.54, 1.807) is 5.38 Å². The van der Waals surface area contributed by atoms with Crippen LogP contribution in [0.25, 0.3) is 0 Å². The molecule has 2 aromatic rings. The monoisotopic (exact) mass is 320 g/mol. The third-order valence-electron chi connectivity index (χ3n) is 2.88. The van der Waals surface area contributed by atoms with Crippen LogP contribution in [0.15, 0.2) is 35.7 Å². The molecule has 7 heteroatoms. The number of rotatable bonds is 6. The Morgan fingerprint density at radius 1 is 1.36 bits per heavy atom. The summed E-state index contributed by atoms with van der Waals surface area (Å²) in [7, 11) is 0. The van der Waals surface area contributed by atoms with Crippen molar-refractivity contribution >= 4 is 23.4 Å². The Labute approximate surface area is 131 Å². The standard InChI is InChI=1S/C15H16N2O4S/c1-10-16-12(9-22-10)7-13(14(18)19)17-15(20)21-8-11-5-3-2-4-6-11/h2-6,9,13H,7-8H2,1H3,(H,17,20)(H,18,19). The zero-order valence-corrected chi connectivity index (χ0v) is 12.8. The lowest BCUT2D eigenvalue weighted by molar-refractivity contribution is -0.139. The minimum Gasteiger partial charge on any atom is -0.480 e. The molecule has 0 saturated heterocycles. The fraction of sp³-hybridized carbons (Fsp3) is 0.267. The van der Waals surface area contributed by atoms with Gasteiger partial charge in [0.15, 0.2) is 0 Å². The summed E-state index contributed by atoms with van der Waals surface area (Å²) in [4.78, 5) is 27.1. The van der Waals surface area contributed by atoms with Crippen LogP contribution >= 0.6 is 11.3 Å². The molecule has 0 aliphatic rings. The number of amides is 1. The first-order valence-corrected chi connectivity index (χ1v) is 7.53. The molecule has 1 amide bonds. The number of carbonyl (C=O) groups is 2. The van der Waals surface area contributed by atoms with Gasteiger partial charge >= 0.3 is 12.1 Å². The highest BCUT2D eigenvalue weighted by Crippen LogP contribution is 2.10. The first-order valence-electron chi connectivity index (χ1n) is 6.65. The van der Waals surface area contributed by atoms with Crippen LogP contribution < -0.4 is 5.32 Å². The molecule has 1 aromatic heterocycles. The number of hydrogen-bond acceptors (Lipinski definition) is 5. The van der Waals surface area contributed by atoms with E-state index < -0.39 is 18.1 Å². The molecular weight excluding hydrogens is 304 g/mol. The van der Waals surface area contributed by atoms with Crippen LogP contribution in [0.4, 0.5) is 4.79 Å². The average Bonchev–Trinajstić information content (AvgIpc) is 2.91. The quantitative estimate of drug-likeness (QED) is 0.853. The summed E-state index contributed by atoms with van der Waals surface area (Å²) in [6.45, 7) is 1.93. The summed E-state index contributed by atoms with van der Waals surface area (Å²) in [6, 6.07) is 8.10. The second-order valence-electron chi connectivity index (χ2n) is 4.66. The van der Waals surface area contributed by atoms with Gasteiger partial charge in [-0.1, -0.05) is 30.3 Å². The van der Waals surface area contributed by atoms with Gasteiger partial charge in [-0.2, -0.15) is 0 Å². The molecule has 0 radical (unpaired) electrons. The van der Waals surface area contributed by atoms with E-state index in [1.807, 2.05) is 37.3 Å². The number of aryl methyl sites for hydroxylation is 1. The second kappa shape index (κ2) is 7.56. The van der Waals surface area contributed by atoms with Crippen molar-refractivity contribution in [3.05, 3.63) is 52.0 Å². The van der Waals surface area contributed by atoms with Crippen molar-refractivity contribution in [2.24, 2.45) is 0 Å². The number of nitrogens with one attached hydrogen (secondary N) is 1. The molecule has 2 N–H and O–H groups in total. The Morgan fingerprint density at radius 3 is 2.68 bits per heavy atom. The largest absolute Gasteiger partial charge is 0.480 e. The Morgan fingerprint density at radius 2 is 2.09 bits per heavy atom.